The van der Waals surface area contributed by atoms with Crippen LogP contribution in [0.3, 0.4) is 0 Å². The lowest BCUT2D eigenvalue weighted by atomic mass is 9.98. The normalized spacial score (nSPS) is 14.9. The molecule has 0 bridgehead atoms. The summed E-state index contributed by atoms with van der Waals surface area (Å²) >= 11 is 0. The molecule has 3 aromatic rings. The van der Waals surface area contributed by atoms with Gasteiger partial charge in [-0.1, -0.05) is 72.7 Å². The predicted octanol–water partition coefficient (Wildman–Crippen LogP) is 4.51. The van der Waals surface area contributed by atoms with Gasteiger partial charge in [-0.3, -0.25) is 0 Å². The molecular formula is C16H12. The summed E-state index contributed by atoms with van der Waals surface area (Å²) in [6.07, 6.45) is 0. The van der Waals surface area contributed by atoms with Gasteiger partial charge in [-0.25, -0.2) is 0 Å². The van der Waals surface area contributed by atoms with Gasteiger partial charge in [-0.15, -0.1) is 0 Å². The minimum Gasteiger partial charge on any atom is -0.0622 e. The number of benzene rings is 3. The molecule has 0 N–H and O–H groups in total. The lowest BCUT2D eigenvalue weighted by Crippen LogP contribution is -1.79. The minimum atomic E-state index is -0.367. The molecule has 0 nitrogen and oxygen atoms in total. The summed E-state index contributed by atoms with van der Waals surface area (Å²) in [6.45, 7) is 0. The summed E-state index contributed by atoms with van der Waals surface area (Å²) < 4.78 is 39.4. The van der Waals surface area contributed by atoms with Crippen molar-refractivity contribution < 1.29 is 6.85 Å². The molecule has 0 unspecified atom stereocenters. The van der Waals surface area contributed by atoms with Gasteiger partial charge in [0.25, 0.3) is 0 Å². The van der Waals surface area contributed by atoms with Crippen molar-refractivity contribution in [2.75, 3.05) is 0 Å². The fourth-order valence-electron chi connectivity index (χ4n) is 1.83. The topological polar surface area (TPSA) is 0 Å². The quantitative estimate of drug-likeness (QED) is 0.553. The highest BCUT2D eigenvalue weighted by molar-refractivity contribution is 5.96. The van der Waals surface area contributed by atoms with E-state index in [0.717, 1.165) is 10.8 Å². The van der Waals surface area contributed by atoms with Crippen LogP contribution >= 0.6 is 0 Å². The lowest BCUT2D eigenvalue weighted by Gasteiger charge is -2.06. The monoisotopic (exact) mass is 209 g/mol. The second kappa shape index (κ2) is 3.82. The molecule has 3 rings (SSSR count). The van der Waals surface area contributed by atoms with E-state index in [1.165, 1.54) is 0 Å². The number of fused-ring (bicyclic) bond motifs is 1. The molecule has 0 heteroatoms. The molecule has 0 spiro atoms. The lowest BCUT2D eigenvalue weighted by molar-refractivity contribution is 1.65. The van der Waals surface area contributed by atoms with E-state index in [1.807, 2.05) is 36.4 Å². The molecule has 0 fully saturated rings. The Kier molecular flexibility index (Phi) is 1.27. The van der Waals surface area contributed by atoms with Crippen LogP contribution in [0.5, 0.6) is 0 Å². The van der Waals surface area contributed by atoms with Crippen LogP contribution in [0.4, 0.5) is 0 Å². The third-order valence-electron chi connectivity index (χ3n) is 2.56. The maximum atomic E-state index is 8.08. The average Bonchev–Trinajstić information content (AvgIpc) is 2.51. The number of hydrogen-bond donors (Lipinski definition) is 0. The van der Waals surface area contributed by atoms with Crippen LogP contribution in [0.1, 0.15) is 6.85 Å². The van der Waals surface area contributed by atoms with Gasteiger partial charge < -0.3 is 0 Å². The van der Waals surface area contributed by atoms with Crippen molar-refractivity contribution in [3.8, 4) is 11.1 Å². The van der Waals surface area contributed by atoms with Crippen molar-refractivity contribution in [1.82, 2.24) is 0 Å². The molecule has 16 heavy (non-hydrogen) atoms. The highest BCUT2D eigenvalue weighted by Crippen LogP contribution is 2.27. The van der Waals surface area contributed by atoms with Gasteiger partial charge in [0.05, 0.1) is 6.85 Å². The van der Waals surface area contributed by atoms with Crippen LogP contribution < -0.4 is 0 Å². The zero-order chi connectivity index (χ0) is 15.1. The third-order valence-corrected chi connectivity index (χ3v) is 2.56. The van der Waals surface area contributed by atoms with Gasteiger partial charge >= 0.3 is 0 Å². The molecule has 0 amide bonds. The molecule has 0 radical (unpaired) electrons. The Balaban J connectivity index is 2.44. The van der Waals surface area contributed by atoms with Gasteiger partial charge in [0.1, 0.15) is 0 Å². The van der Waals surface area contributed by atoms with Gasteiger partial charge in [0, 0.05) is 0 Å². The molecule has 76 valence electrons. The molecule has 3 aromatic carbocycles. The zero-order valence-electron chi connectivity index (χ0n) is 13.5. The standard InChI is InChI=1S/C16H12/c1-2-7-13(8-3-1)16-12-6-10-14-9-4-5-11-15(14)16/h1-12H/i1D,2D,3D,7D,8D. The van der Waals surface area contributed by atoms with Gasteiger partial charge in [-0.2, -0.15) is 0 Å². The van der Waals surface area contributed by atoms with Crippen molar-refractivity contribution >= 4 is 10.8 Å². The van der Waals surface area contributed by atoms with Crippen LogP contribution in [0.25, 0.3) is 21.9 Å². The first kappa shape index (κ1) is 5.31. The molecule has 0 atom stereocenters. The van der Waals surface area contributed by atoms with E-state index in [2.05, 4.69) is 0 Å². The first-order valence-corrected chi connectivity index (χ1v) is 5.07. The summed E-state index contributed by atoms with van der Waals surface area (Å²) in [6, 6.07) is 11.9. The Morgan fingerprint density at radius 2 is 1.50 bits per heavy atom. The van der Waals surface area contributed by atoms with Gasteiger partial charge in [0.15, 0.2) is 0 Å². The summed E-state index contributed by atoms with van der Waals surface area (Å²) in [4.78, 5) is 0. The second-order valence-electron chi connectivity index (χ2n) is 3.53. The van der Waals surface area contributed by atoms with Crippen LogP contribution in [-0.2, 0) is 0 Å². The van der Waals surface area contributed by atoms with Gasteiger partial charge in [0.2, 0.25) is 0 Å². The molecule has 0 aromatic heterocycles. The summed E-state index contributed by atoms with van der Waals surface area (Å²) in [7, 11) is 0. The Labute approximate surface area is 102 Å². The van der Waals surface area contributed by atoms with Gasteiger partial charge in [-0.05, 0) is 21.9 Å². The third kappa shape index (κ3) is 1.49. The Morgan fingerprint density at radius 1 is 0.750 bits per heavy atom. The maximum Gasteiger partial charge on any atom is 0.0629 e. The molecule has 0 aliphatic heterocycles. The van der Waals surface area contributed by atoms with Crippen LogP contribution in [0, 0.1) is 0 Å². The first-order chi connectivity index (χ1) is 10.0. The smallest absolute Gasteiger partial charge is 0.0622 e. The highest BCUT2D eigenvalue weighted by Gasteiger charge is 2.01. The van der Waals surface area contributed by atoms with E-state index in [-0.39, 0.29) is 35.8 Å². The molecule has 0 saturated heterocycles. The van der Waals surface area contributed by atoms with Crippen molar-refractivity contribution in [2.24, 2.45) is 0 Å². The molecule has 0 heterocycles. The predicted molar refractivity (Wildman–Crippen MR) is 69.4 cm³/mol. The average molecular weight is 209 g/mol. The number of hydrogen-bond acceptors (Lipinski definition) is 0. The number of rotatable bonds is 1. The molecule has 0 aliphatic carbocycles. The van der Waals surface area contributed by atoms with Crippen LogP contribution in [-0.4, -0.2) is 0 Å². The summed E-state index contributed by atoms with van der Waals surface area (Å²) in [5.74, 6) is 0. The van der Waals surface area contributed by atoms with Crippen LogP contribution in [0.2, 0.25) is 0 Å². The molecular weight excluding hydrogens is 192 g/mol. The van der Waals surface area contributed by atoms with Crippen molar-refractivity contribution in [1.29, 1.82) is 0 Å². The van der Waals surface area contributed by atoms with E-state index >= 15 is 0 Å². The van der Waals surface area contributed by atoms with Crippen molar-refractivity contribution in [3.63, 3.8) is 0 Å². The van der Waals surface area contributed by atoms with Crippen molar-refractivity contribution in [3.05, 3.63) is 72.7 Å². The first-order valence-electron chi connectivity index (χ1n) is 7.57. The summed E-state index contributed by atoms with van der Waals surface area (Å²) in [5, 5.41) is 1.85. The molecule has 0 aliphatic rings. The van der Waals surface area contributed by atoms with E-state index in [4.69, 9.17) is 6.85 Å². The Hall–Kier alpha value is -2.08. The maximum absolute atomic E-state index is 8.08. The highest BCUT2D eigenvalue weighted by atomic mass is 14.0. The fourth-order valence-corrected chi connectivity index (χ4v) is 1.83. The largest absolute Gasteiger partial charge is 0.0629 e. The zero-order valence-corrected chi connectivity index (χ0v) is 8.54. The van der Waals surface area contributed by atoms with Crippen LogP contribution in [0.15, 0.2) is 72.7 Å². The minimum absolute atomic E-state index is 0.169. The van der Waals surface area contributed by atoms with E-state index in [9.17, 15) is 0 Å². The SMILES string of the molecule is [2H]c1c([2H])c([2H])c(-c2cccc3ccccc23)c([2H])c1[2H]. The van der Waals surface area contributed by atoms with E-state index in [1.54, 1.807) is 6.07 Å². The molecule has 0 saturated carbocycles. The Bertz CT molecular complexity index is 820. The summed E-state index contributed by atoms with van der Waals surface area (Å²) in [5.41, 5.74) is 0.905. The van der Waals surface area contributed by atoms with E-state index in [0.29, 0.717) is 5.56 Å². The fraction of sp³-hybridized carbons (Fsp3) is 0. The Morgan fingerprint density at radius 3 is 2.38 bits per heavy atom. The van der Waals surface area contributed by atoms with Crippen molar-refractivity contribution in [2.45, 2.75) is 0 Å². The van der Waals surface area contributed by atoms with E-state index < -0.39 is 0 Å². The second-order valence-corrected chi connectivity index (χ2v) is 3.53.